The summed E-state index contributed by atoms with van der Waals surface area (Å²) in [4.78, 5) is 16.8. The molecule has 12 atom stereocenters. The molecular weight excluding hydrogens is 1110 g/mol. The lowest BCUT2D eigenvalue weighted by atomic mass is 9.79. The van der Waals surface area contributed by atoms with Crippen LogP contribution < -0.4 is 0 Å². The Balaban J connectivity index is 1.89. The van der Waals surface area contributed by atoms with Crippen LogP contribution in [0.4, 0.5) is 0 Å². The molecule has 0 radical (unpaired) electrons. The molecule has 0 amide bonds. The predicted octanol–water partition coefficient (Wildman–Crippen LogP) is 29.3. The highest BCUT2D eigenvalue weighted by molar-refractivity contribution is 6.16. The number of aromatic nitrogens is 1. The van der Waals surface area contributed by atoms with Crippen molar-refractivity contribution in [3.05, 3.63) is 93.7 Å². The van der Waals surface area contributed by atoms with E-state index in [1.54, 1.807) is 22.3 Å². The summed E-state index contributed by atoms with van der Waals surface area (Å²) in [5, 5.41) is 0. The van der Waals surface area contributed by atoms with E-state index in [4.69, 9.17) is 9.98 Å². The van der Waals surface area contributed by atoms with E-state index in [0.29, 0.717) is 35.5 Å². The van der Waals surface area contributed by atoms with Crippen LogP contribution in [0.5, 0.6) is 0 Å². The number of hydrogen-bond acceptors (Lipinski definition) is 2. The van der Waals surface area contributed by atoms with Gasteiger partial charge in [-0.1, -0.05) is 328 Å². The Morgan fingerprint density at radius 1 is 0.272 bits per heavy atom. The van der Waals surface area contributed by atoms with Gasteiger partial charge >= 0.3 is 0 Å². The van der Waals surface area contributed by atoms with Crippen molar-refractivity contribution in [3.63, 3.8) is 0 Å². The van der Waals surface area contributed by atoms with Crippen molar-refractivity contribution < 1.29 is 0 Å². The third kappa shape index (κ3) is 27.4. The van der Waals surface area contributed by atoms with Gasteiger partial charge < -0.3 is 4.98 Å². The number of fused-ring (bicyclic) bond motifs is 6. The molecule has 4 aliphatic rings. The van der Waals surface area contributed by atoms with Gasteiger partial charge in [0.05, 0.1) is 22.8 Å². The largest absolute Gasteiger partial charge is 0.355 e. The van der Waals surface area contributed by atoms with Crippen LogP contribution in [0.15, 0.2) is 92.3 Å². The smallest absolute Gasteiger partial charge is 0.0694 e. The van der Waals surface area contributed by atoms with Gasteiger partial charge in [0, 0.05) is 22.5 Å². The molecule has 92 heavy (non-hydrogen) atoms. The molecule has 5 rings (SSSR count). The second-order valence-electron chi connectivity index (χ2n) is 32.3. The molecule has 0 spiro atoms. The lowest BCUT2D eigenvalue weighted by molar-refractivity contribution is 0.391. The summed E-state index contributed by atoms with van der Waals surface area (Å²) in [5.41, 5.74) is 16.9. The highest BCUT2D eigenvalue weighted by Crippen LogP contribution is 2.46. The van der Waals surface area contributed by atoms with E-state index < -0.39 is 0 Å². The zero-order chi connectivity index (χ0) is 66.6. The van der Waals surface area contributed by atoms with Gasteiger partial charge in [-0.2, -0.15) is 0 Å². The van der Waals surface area contributed by atoms with E-state index in [2.05, 4.69) is 164 Å². The zero-order valence-corrected chi connectivity index (χ0v) is 63.9. The molecule has 0 aromatic carbocycles. The van der Waals surface area contributed by atoms with Gasteiger partial charge in [-0.25, -0.2) is 9.98 Å². The lowest BCUT2D eigenvalue weighted by Crippen LogP contribution is -2.17. The van der Waals surface area contributed by atoms with Crippen LogP contribution in [0.2, 0.25) is 0 Å². The van der Waals surface area contributed by atoms with Crippen LogP contribution in [0.25, 0.3) is 11.1 Å². The third-order valence-electron chi connectivity index (χ3n) is 23.1. The minimum absolute atomic E-state index is 0.402. The Labute approximate surface area is 573 Å². The number of H-pyrrole nitrogens is 1. The van der Waals surface area contributed by atoms with Gasteiger partial charge in [-0.3, -0.25) is 0 Å². The second-order valence-corrected chi connectivity index (χ2v) is 32.3. The van der Waals surface area contributed by atoms with Crippen LogP contribution in [-0.2, 0) is 0 Å². The molecule has 1 N–H and O–H groups in total. The van der Waals surface area contributed by atoms with Crippen molar-refractivity contribution in [2.75, 3.05) is 0 Å². The van der Waals surface area contributed by atoms with Crippen molar-refractivity contribution in [3.8, 4) is 0 Å². The molecule has 0 fully saturated rings. The molecule has 4 heterocycles. The number of unbranched alkanes of at least 4 members (excludes halogenated alkanes) is 4. The maximum absolute atomic E-state index is 6.19. The van der Waals surface area contributed by atoms with E-state index in [-0.39, 0.29) is 0 Å². The molecule has 3 heteroatoms. The highest BCUT2D eigenvalue weighted by atomic mass is 14.8. The van der Waals surface area contributed by atoms with Crippen molar-refractivity contribution in [2.45, 2.75) is 374 Å². The molecule has 0 saturated carbocycles. The summed E-state index contributed by atoms with van der Waals surface area (Å²) in [6.07, 6.45) is 68.0. The van der Waals surface area contributed by atoms with Gasteiger partial charge in [-0.05, 0) is 188 Å². The Kier molecular flexibility index (Phi) is 39.2. The Bertz CT molecular complexity index is 2490. The fraction of sp³-hybridized carbons (Fsp3) is 0.775. The molecule has 8 bridgehead atoms. The van der Waals surface area contributed by atoms with Crippen molar-refractivity contribution in [2.24, 2.45) is 81.0 Å². The molecule has 0 saturated heterocycles. The minimum Gasteiger partial charge on any atom is -0.355 e. The zero-order valence-electron chi connectivity index (χ0n) is 63.9. The number of nitrogens with one attached hydrogen (secondary N) is 1. The molecule has 1 aliphatic carbocycles. The summed E-state index contributed by atoms with van der Waals surface area (Å²) >= 11 is 0. The standard InChI is InChI=1S/C89H151N3/c1-17-33-66(9)41-25-29-45-74(53-49-70(13)37-21-5)86-78-57-58-79(65-78)87(75(54-50-71(14)38-22-6)46-30-26-42-67(10)34-18-2)81-60-62-83(91-81)89(77(56-52-73(16)40-24-8)48-32-28-44-69(12)36-20-4)85-64-63-84(92-85)88(82-61-59-80(86)90-82)76(55-51-72(15)39-23-7)47-31-27-43-68(11)35-19-3/h57-64,66-77,90H,17-56,65H2,1-16H3. The van der Waals surface area contributed by atoms with E-state index in [9.17, 15) is 0 Å². The SMILES string of the molecule is CCCC(C)CCCCC(CCC(C)CCC)C1=C2C=CC(=C(C(CCCCC(C)CCC)CCC(C)CCC)c3ccc([nH]3)C(C(CCCCC(C)CCC)CCC(C)CCC)=C3C=CC(=N3)C(C(CCCCC(C)CCC)CCC(C)CCC)=C3C=CC1=N3)C2. The summed E-state index contributed by atoms with van der Waals surface area (Å²) in [6.45, 7) is 39.2. The Morgan fingerprint density at radius 3 is 0.880 bits per heavy atom. The number of aromatic amines is 1. The van der Waals surface area contributed by atoms with Crippen LogP contribution in [-0.4, -0.2) is 16.4 Å². The molecule has 12 unspecified atom stereocenters. The second kappa shape index (κ2) is 45.3. The quantitative estimate of drug-likeness (QED) is 0.0632. The third-order valence-corrected chi connectivity index (χ3v) is 23.1. The fourth-order valence-corrected chi connectivity index (χ4v) is 17.6. The Hall–Kier alpha value is -3.20. The van der Waals surface area contributed by atoms with E-state index in [1.165, 1.54) is 302 Å². The van der Waals surface area contributed by atoms with Crippen LogP contribution in [0, 0.1) is 71.0 Å². The van der Waals surface area contributed by atoms with Gasteiger partial charge in [0.1, 0.15) is 0 Å². The number of rotatable bonds is 52. The van der Waals surface area contributed by atoms with Gasteiger partial charge in [0.2, 0.25) is 0 Å². The maximum atomic E-state index is 6.19. The molecule has 1 aromatic rings. The monoisotopic (exact) mass is 1260 g/mol. The fourth-order valence-electron chi connectivity index (χ4n) is 17.6. The number of allylic oxidation sites excluding steroid dienone is 12. The molecule has 3 aliphatic heterocycles. The highest BCUT2D eigenvalue weighted by Gasteiger charge is 2.33. The molecule has 3 nitrogen and oxygen atoms in total. The van der Waals surface area contributed by atoms with E-state index in [1.807, 2.05) is 0 Å². The topological polar surface area (TPSA) is 40.5 Å². The number of nitrogens with zero attached hydrogens (tertiary/aromatic N) is 2. The van der Waals surface area contributed by atoms with Crippen molar-refractivity contribution in [1.82, 2.24) is 4.98 Å². The Morgan fingerprint density at radius 2 is 0.533 bits per heavy atom. The first kappa shape index (κ1) is 79.5. The van der Waals surface area contributed by atoms with Crippen molar-refractivity contribution in [1.29, 1.82) is 0 Å². The first-order valence-corrected chi connectivity index (χ1v) is 41.0. The molecular formula is C89H151N3. The van der Waals surface area contributed by atoms with Crippen LogP contribution in [0.1, 0.15) is 385 Å². The van der Waals surface area contributed by atoms with Gasteiger partial charge in [-0.15, -0.1) is 0 Å². The maximum Gasteiger partial charge on any atom is 0.0694 e. The normalized spacial score (nSPS) is 19.0. The van der Waals surface area contributed by atoms with E-state index >= 15 is 0 Å². The van der Waals surface area contributed by atoms with Gasteiger partial charge in [0.25, 0.3) is 0 Å². The average Bonchev–Trinajstić information content (AvgIpc) is 1.64. The van der Waals surface area contributed by atoms with E-state index in [0.717, 1.165) is 41.9 Å². The summed E-state index contributed by atoms with van der Waals surface area (Å²) in [5.74, 6) is 7.88. The summed E-state index contributed by atoms with van der Waals surface area (Å²) < 4.78 is 0. The van der Waals surface area contributed by atoms with Crippen molar-refractivity contribution >= 4 is 22.6 Å². The predicted molar refractivity (Wildman–Crippen MR) is 413 cm³/mol. The van der Waals surface area contributed by atoms with Crippen LogP contribution >= 0.6 is 0 Å². The molecule has 1 aromatic heterocycles. The summed E-state index contributed by atoms with van der Waals surface area (Å²) in [6, 6.07) is 5.15. The average molecular weight is 1260 g/mol. The van der Waals surface area contributed by atoms with Crippen LogP contribution in [0.3, 0.4) is 0 Å². The first-order chi connectivity index (χ1) is 44.6. The number of aliphatic imine (C=N–C) groups is 2. The summed E-state index contributed by atoms with van der Waals surface area (Å²) in [7, 11) is 0. The number of hydrogen-bond donors (Lipinski definition) is 1. The lowest BCUT2D eigenvalue weighted by Gasteiger charge is -2.26. The molecule has 522 valence electrons. The van der Waals surface area contributed by atoms with Gasteiger partial charge in [0.15, 0.2) is 0 Å². The first-order valence-electron chi connectivity index (χ1n) is 41.0. The minimum atomic E-state index is 0.402.